The number of rotatable bonds is 6. The molecule has 3 amide bonds. The number of amides is 3. The SMILES string of the molecule is Cc1nc2c(NC(=O)CC(c3ccc(Cl)c(Cl)c3)N3CCOCC3)cccc2c(=O)n1C1CCC(=O)NC1=O. The van der Waals surface area contributed by atoms with E-state index in [-0.39, 0.29) is 42.5 Å². The van der Waals surface area contributed by atoms with E-state index in [0.717, 1.165) is 5.56 Å². The summed E-state index contributed by atoms with van der Waals surface area (Å²) in [6.07, 6.45) is 0.479. The van der Waals surface area contributed by atoms with Gasteiger partial charge in [0.15, 0.2) is 0 Å². The van der Waals surface area contributed by atoms with Crippen molar-refractivity contribution < 1.29 is 19.1 Å². The Kier molecular flexibility index (Phi) is 7.99. The van der Waals surface area contributed by atoms with Crippen LogP contribution in [0.4, 0.5) is 5.69 Å². The minimum atomic E-state index is -0.828. The highest BCUT2D eigenvalue weighted by Crippen LogP contribution is 2.32. The third-order valence-corrected chi connectivity index (χ3v) is 7.84. The van der Waals surface area contributed by atoms with Gasteiger partial charge in [-0.3, -0.25) is 34.0 Å². The molecule has 0 saturated carbocycles. The number of nitrogens with one attached hydrogen (secondary N) is 2. The number of aromatic nitrogens is 2. The van der Waals surface area contributed by atoms with Crippen LogP contribution in [-0.4, -0.2) is 58.5 Å². The number of nitrogens with zero attached hydrogens (tertiary/aromatic N) is 3. The maximum Gasteiger partial charge on any atom is 0.262 e. The van der Waals surface area contributed by atoms with Crippen molar-refractivity contribution in [3.8, 4) is 0 Å². The molecule has 2 unspecified atom stereocenters. The lowest BCUT2D eigenvalue weighted by atomic mass is 10.0. The van der Waals surface area contributed by atoms with Gasteiger partial charge in [0.05, 0.1) is 34.3 Å². The number of imide groups is 1. The van der Waals surface area contributed by atoms with E-state index in [1.54, 1.807) is 37.3 Å². The number of piperidine rings is 1. The first kappa shape index (κ1) is 27.3. The fraction of sp³-hybridized carbons (Fsp3) is 0.370. The van der Waals surface area contributed by atoms with E-state index in [1.165, 1.54) is 4.57 Å². The molecule has 204 valence electrons. The number of morpholine rings is 1. The molecule has 3 heterocycles. The van der Waals surface area contributed by atoms with Crippen molar-refractivity contribution in [1.82, 2.24) is 19.8 Å². The minimum Gasteiger partial charge on any atom is -0.379 e. The summed E-state index contributed by atoms with van der Waals surface area (Å²) in [5.41, 5.74) is 1.17. The molecule has 0 spiro atoms. The monoisotopic (exact) mass is 571 g/mol. The Morgan fingerprint density at radius 1 is 1.15 bits per heavy atom. The molecule has 1 aromatic heterocycles. The van der Waals surface area contributed by atoms with Crippen molar-refractivity contribution >= 4 is 57.5 Å². The Morgan fingerprint density at radius 3 is 2.64 bits per heavy atom. The van der Waals surface area contributed by atoms with E-state index in [9.17, 15) is 19.2 Å². The van der Waals surface area contributed by atoms with Crippen molar-refractivity contribution in [2.45, 2.75) is 38.3 Å². The number of benzene rings is 2. The van der Waals surface area contributed by atoms with Gasteiger partial charge in [-0.1, -0.05) is 35.3 Å². The van der Waals surface area contributed by atoms with Gasteiger partial charge < -0.3 is 10.1 Å². The summed E-state index contributed by atoms with van der Waals surface area (Å²) in [6.45, 7) is 4.07. The Morgan fingerprint density at radius 2 is 1.92 bits per heavy atom. The predicted molar refractivity (Wildman–Crippen MR) is 147 cm³/mol. The van der Waals surface area contributed by atoms with Gasteiger partial charge in [0, 0.05) is 32.0 Å². The summed E-state index contributed by atoms with van der Waals surface area (Å²) >= 11 is 12.4. The van der Waals surface area contributed by atoms with Gasteiger partial charge in [0.2, 0.25) is 17.7 Å². The van der Waals surface area contributed by atoms with Crippen molar-refractivity contribution in [3.05, 3.63) is 68.2 Å². The number of para-hydroxylation sites is 1. The molecule has 2 atom stereocenters. The van der Waals surface area contributed by atoms with Crippen molar-refractivity contribution in [2.24, 2.45) is 0 Å². The second-order valence-electron chi connectivity index (χ2n) is 9.59. The number of halogens is 2. The third-order valence-electron chi connectivity index (χ3n) is 7.10. The molecule has 2 aliphatic rings. The van der Waals surface area contributed by atoms with Gasteiger partial charge >= 0.3 is 0 Å². The maximum absolute atomic E-state index is 13.4. The van der Waals surface area contributed by atoms with Crippen molar-refractivity contribution in [1.29, 1.82) is 0 Å². The van der Waals surface area contributed by atoms with Crippen LogP contribution in [0, 0.1) is 6.92 Å². The van der Waals surface area contributed by atoms with Gasteiger partial charge in [-0.05, 0) is 43.2 Å². The van der Waals surface area contributed by atoms with E-state index >= 15 is 0 Å². The maximum atomic E-state index is 13.4. The highest BCUT2D eigenvalue weighted by atomic mass is 35.5. The van der Waals surface area contributed by atoms with E-state index in [0.29, 0.717) is 53.4 Å². The topological polar surface area (TPSA) is 123 Å². The second kappa shape index (κ2) is 11.4. The van der Waals surface area contributed by atoms with E-state index < -0.39 is 17.5 Å². The molecule has 2 aromatic carbocycles. The van der Waals surface area contributed by atoms with Crippen LogP contribution in [0.3, 0.4) is 0 Å². The average molecular weight is 572 g/mol. The van der Waals surface area contributed by atoms with Crippen LogP contribution in [0.5, 0.6) is 0 Å². The van der Waals surface area contributed by atoms with Gasteiger partial charge in [0.25, 0.3) is 5.56 Å². The summed E-state index contributed by atoms with van der Waals surface area (Å²) < 4.78 is 6.81. The zero-order chi connectivity index (χ0) is 27.7. The Hall–Kier alpha value is -3.31. The fourth-order valence-corrected chi connectivity index (χ4v) is 5.48. The Bertz CT molecular complexity index is 1520. The minimum absolute atomic E-state index is 0.126. The lowest BCUT2D eigenvalue weighted by molar-refractivity contribution is -0.135. The first-order valence-corrected chi connectivity index (χ1v) is 13.4. The third kappa shape index (κ3) is 5.69. The molecule has 39 heavy (non-hydrogen) atoms. The highest BCUT2D eigenvalue weighted by Gasteiger charge is 2.31. The lowest BCUT2D eigenvalue weighted by Gasteiger charge is -2.34. The second-order valence-corrected chi connectivity index (χ2v) is 10.4. The summed E-state index contributed by atoms with van der Waals surface area (Å²) in [7, 11) is 0. The number of hydrogen-bond donors (Lipinski definition) is 2. The van der Waals surface area contributed by atoms with Gasteiger partial charge in [0.1, 0.15) is 17.4 Å². The molecule has 12 heteroatoms. The normalized spacial score (nSPS) is 19.1. The molecule has 3 aromatic rings. The number of carbonyl (C=O) groups is 3. The smallest absolute Gasteiger partial charge is 0.262 e. The van der Waals surface area contributed by atoms with Gasteiger partial charge in [-0.25, -0.2) is 4.98 Å². The first-order valence-electron chi connectivity index (χ1n) is 12.6. The van der Waals surface area contributed by atoms with E-state index in [2.05, 4.69) is 20.5 Å². The lowest BCUT2D eigenvalue weighted by Crippen LogP contribution is -2.45. The number of fused-ring (bicyclic) bond motifs is 1. The van der Waals surface area contributed by atoms with Crippen LogP contribution in [0.1, 0.15) is 42.7 Å². The molecular weight excluding hydrogens is 545 g/mol. The van der Waals surface area contributed by atoms with Crippen molar-refractivity contribution in [3.63, 3.8) is 0 Å². The fourth-order valence-electron chi connectivity index (χ4n) is 5.17. The zero-order valence-corrected chi connectivity index (χ0v) is 22.7. The van der Waals surface area contributed by atoms with Crippen LogP contribution < -0.4 is 16.2 Å². The zero-order valence-electron chi connectivity index (χ0n) is 21.2. The molecule has 10 nitrogen and oxygen atoms in total. The number of carbonyl (C=O) groups excluding carboxylic acids is 3. The number of aryl methyl sites for hydroxylation is 1. The van der Waals surface area contributed by atoms with E-state index in [4.69, 9.17) is 27.9 Å². The van der Waals surface area contributed by atoms with Crippen LogP contribution in [-0.2, 0) is 19.1 Å². The van der Waals surface area contributed by atoms with Gasteiger partial charge in [-0.15, -0.1) is 0 Å². The van der Waals surface area contributed by atoms with Crippen LogP contribution in [0.15, 0.2) is 41.2 Å². The van der Waals surface area contributed by atoms with Crippen molar-refractivity contribution in [2.75, 3.05) is 31.6 Å². The molecule has 0 radical (unpaired) electrons. The summed E-state index contributed by atoms with van der Waals surface area (Å²) in [6, 6.07) is 9.21. The summed E-state index contributed by atoms with van der Waals surface area (Å²) in [4.78, 5) is 57.6. The van der Waals surface area contributed by atoms with Crippen LogP contribution >= 0.6 is 23.2 Å². The standard InChI is InChI=1S/C27H27Cl2N5O5/c1-15-30-25-17(27(38)34(15)21-7-8-23(35)32-26(21)37)3-2-4-20(25)31-24(36)14-22(33-9-11-39-12-10-33)16-5-6-18(28)19(29)13-16/h2-6,13,21-22H,7-12,14H2,1H3,(H,31,36)(H,32,35,37). The summed E-state index contributed by atoms with van der Waals surface area (Å²) in [5.74, 6) is -0.847. The molecule has 0 bridgehead atoms. The highest BCUT2D eigenvalue weighted by molar-refractivity contribution is 6.42. The summed E-state index contributed by atoms with van der Waals surface area (Å²) in [5, 5.41) is 6.32. The molecule has 2 fully saturated rings. The Balaban J connectivity index is 1.43. The average Bonchev–Trinajstić information content (AvgIpc) is 2.91. The van der Waals surface area contributed by atoms with E-state index in [1.807, 2.05) is 6.07 Å². The molecule has 2 N–H and O–H groups in total. The largest absolute Gasteiger partial charge is 0.379 e. The molecule has 2 saturated heterocycles. The Labute approximate surface area is 234 Å². The van der Waals surface area contributed by atoms with Crippen LogP contribution in [0.2, 0.25) is 10.0 Å². The van der Waals surface area contributed by atoms with Gasteiger partial charge in [-0.2, -0.15) is 0 Å². The predicted octanol–water partition coefficient (Wildman–Crippen LogP) is 3.39. The molecule has 5 rings (SSSR count). The number of hydrogen-bond acceptors (Lipinski definition) is 7. The molecule has 2 aliphatic heterocycles. The molecular formula is C27H27Cl2N5O5. The van der Waals surface area contributed by atoms with Crippen LogP contribution in [0.25, 0.3) is 10.9 Å². The molecule has 0 aliphatic carbocycles. The number of anilines is 1. The quantitative estimate of drug-likeness (QED) is 0.435. The number of ether oxygens (including phenoxy) is 1. The first-order chi connectivity index (χ1) is 18.7.